The normalized spacial score (nSPS) is 18.8. The lowest BCUT2D eigenvalue weighted by molar-refractivity contribution is -0.126. The van der Waals surface area contributed by atoms with Gasteiger partial charge in [0.25, 0.3) is 0 Å². The number of rotatable bonds is 7. The van der Waals surface area contributed by atoms with Crippen molar-refractivity contribution in [1.29, 1.82) is 0 Å². The molecular formula is C18H26N2O3. The molecule has 0 spiro atoms. The zero-order chi connectivity index (χ0) is 16.8. The Balaban J connectivity index is 1.98. The van der Waals surface area contributed by atoms with Crippen molar-refractivity contribution in [3.8, 4) is 5.75 Å². The molecular weight excluding hydrogens is 292 g/mol. The van der Waals surface area contributed by atoms with Gasteiger partial charge in [0.05, 0.1) is 12.5 Å². The summed E-state index contributed by atoms with van der Waals surface area (Å²) in [4.78, 5) is 26.1. The first-order chi connectivity index (χ1) is 11.0. The molecule has 1 aliphatic rings. The van der Waals surface area contributed by atoms with Crippen molar-refractivity contribution in [2.75, 3.05) is 18.1 Å². The first-order valence-electron chi connectivity index (χ1n) is 8.38. The van der Waals surface area contributed by atoms with Crippen LogP contribution in [0.3, 0.4) is 0 Å². The summed E-state index contributed by atoms with van der Waals surface area (Å²) in [6.07, 6.45) is 2.12. The van der Waals surface area contributed by atoms with E-state index in [1.807, 2.05) is 38.1 Å². The molecule has 126 valence electrons. The van der Waals surface area contributed by atoms with Gasteiger partial charge in [-0.1, -0.05) is 13.8 Å². The summed E-state index contributed by atoms with van der Waals surface area (Å²) < 4.78 is 5.55. The molecule has 2 rings (SSSR count). The van der Waals surface area contributed by atoms with Crippen LogP contribution in [0.4, 0.5) is 5.69 Å². The van der Waals surface area contributed by atoms with Crippen molar-refractivity contribution >= 4 is 17.5 Å². The van der Waals surface area contributed by atoms with Gasteiger partial charge >= 0.3 is 0 Å². The summed E-state index contributed by atoms with van der Waals surface area (Å²) in [6, 6.07) is 7.62. The molecule has 0 bridgehead atoms. The van der Waals surface area contributed by atoms with E-state index in [-0.39, 0.29) is 30.2 Å². The number of nitrogens with zero attached hydrogens (tertiary/aromatic N) is 1. The average Bonchev–Trinajstić information content (AvgIpc) is 2.95. The standard InChI is InChI=1S/C18H26N2O3/c1-4-10-23-16-8-6-15(7-9-16)20-12-14(11-17(20)21)18(22)19-13(3)5-2/h6-9,13-14H,4-5,10-12H2,1-3H3,(H,19,22)/t13-,14-/m1/s1. The van der Waals surface area contributed by atoms with Gasteiger partial charge in [0, 0.05) is 24.7 Å². The summed E-state index contributed by atoms with van der Waals surface area (Å²) in [7, 11) is 0. The van der Waals surface area contributed by atoms with E-state index in [0.717, 1.165) is 24.3 Å². The number of anilines is 1. The largest absolute Gasteiger partial charge is 0.494 e. The molecule has 1 aromatic rings. The highest BCUT2D eigenvalue weighted by Gasteiger charge is 2.35. The van der Waals surface area contributed by atoms with E-state index in [1.54, 1.807) is 4.90 Å². The van der Waals surface area contributed by atoms with E-state index in [1.165, 1.54) is 0 Å². The summed E-state index contributed by atoms with van der Waals surface area (Å²) >= 11 is 0. The Hall–Kier alpha value is -2.04. The lowest BCUT2D eigenvalue weighted by Gasteiger charge is -2.18. The Kier molecular flexibility index (Phi) is 6.02. The first-order valence-corrected chi connectivity index (χ1v) is 8.38. The van der Waals surface area contributed by atoms with Crippen molar-refractivity contribution in [1.82, 2.24) is 5.32 Å². The van der Waals surface area contributed by atoms with Crippen LogP contribution >= 0.6 is 0 Å². The predicted molar refractivity (Wildman–Crippen MR) is 90.6 cm³/mol. The Morgan fingerprint density at radius 3 is 2.65 bits per heavy atom. The molecule has 1 aromatic carbocycles. The van der Waals surface area contributed by atoms with Crippen molar-refractivity contribution < 1.29 is 14.3 Å². The molecule has 5 nitrogen and oxygen atoms in total. The van der Waals surface area contributed by atoms with Crippen LogP contribution in [-0.2, 0) is 9.59 Å². The summed E-state index contributed by atoms with van der Waals surface area (Å²) in [6.45, 7) is 7.18. The maximum Gasteiger partial charge on any atom is 0.227 e. The quantitative estimate of drug-likeness (QED) is 0.841. The van der Waals surface area contributed by atoms with Gasteiger partial charge in [-0.2, -0.15) is 0 Å². The molecule has 0 radical (unpaired) electrons. The minimum Gasteiger partial charge on any atom is -0.494 e. The fourth-order valence-electron chi connectivity index (χ4n) is 2.54. The number of ether oxygens (including phenoxy) is 1. The maximum atomic E-state index is 12.2. The highest BCUT2D eigenvalue weighted by Crippen LogP contribution is 2.27. The van der Waals surface area contributed by atoms with Crippen LogP contribution in [-0.4, -0.2) is 31.0 Å². The highest BCUT2D eigenvalue weighted by atomic mass is 16.5. The molecule has 1 aliphatic heterocycles. The smallest absolute Gasteiger partial charge is 0.227 e. The van der Waals surface area contributed by atoms with Crippen molar-refractivity contribution in [3.63, 3.8) is 0 Å². The van der Waals surface area contributed by atoms with Crippen molar-refractivity contribution in [2.45, 2.75) is 46.1 Å². The van der Waals surface area contributed by atoms with E-state index in [0.29, 0.717) is 13.2 Å². The number of amides is 2. The third-order valence-corrected chi connectivity index (χ3v) is 4.12. The Bertz CT molecular complexity index is 542. The van der Waals surface area contributed by atoms with Gasteiger partial charge in [-0.05, 0) is 44.0 Å². The topological polar surface area (TPSA) is 58.6 Å². The van der Waals surface area contributed by atoms with E-state index < -0.39 is 0 Å². The zero-order valence-electron chi connectivity index (χ0n) is 14.2. The van der Waals surface area contributed by atoms with Crippen LogP contribution < -0.4 is 15.0 Å². The monoisotopic (exact) mass is 318 g/mol. The van der Waals surface area contributed by atoms with Gasteiger partial charge in [-0.3, -0.25) is 9.59 Å². The fraction of sp³-hybridized carbons (Fsp3) is 0.556. The number of carbonyl (C=O) groups excluding carboxylic acids is 2. The van der Waals surface area contributed by atoms with Crippen LogP contribution in [0, 0.1) is 5.92 Å². The van der Waals surface area contributed by atoms with Crippen LogP contribution in [0.2, 0.25) is 0 Å². The lowest BCUT2D eigenvalue weighted by atomic mass is 10.1. The third-order valence-electron chi connectivity index (χ3n) is 4.12. The number of benzene rings is 1. The second-order valence-corrected chi connectivity index (χ2v) is 6.07. The molecule has 0 aromatic heterocycles. The Morgan fingerprint density at radius 1 is 1.35 bits per heavy atom. The second kappa shape index (κ2) is 7.99. The molecule has 0 unspecified atom stereocenters. The highest BCUT2D eigenvalue weighted by molar-refractivity contribution is 6.00. The van der Waals surface area contributed by atoms with Gasteiger partial charge in [0.1, 0.15) is 5.75 Å². The summed E-state index contributed by atoms with van der Waals surface area (Å²) in [5.74, 6) is 0.496. The molecule has 2 amide bonds. The number of hydrogen-bond donors (Lipinski definition) is 1. The average molecular weight is 318 g/mol. The van der Waals surface area contributed by atoms with Gasteiger partial charge in [-0.25, -0.2) is 0 Å². The molecule has 1 heterocycles. The van der Waals surface area contributed by atoms with Gasteiger partial charge in [0.2, 0.25) is 11.8 Å². The molecule has 1 saturated heterocycles. The van der Waals surface area contributed by atoms with Crippen molar-refractivity contribution in [3.05, 3.63) is 24.3 Å². The van der Waals surface area contributed by atoms with E-state index in [2.05, 4.69) is 12.2 Å². The number of nitrogens with one attached hydrogen (secondary N) is 1. The van der Waals surface area contributed by atoms with Crippen LogP contribution in [0.15, 0.2) is 24.3 Å². The molecule has 5 heteroatoms. The van der Waals surface area contributed by atoms with Crippen LogP contribution in [0.5, 0.6) is 5.75 Å². The lowest BCUT2D eigenvalue weighted by Crippen LogP contribution is -2.38. The molecule has 0 aliphatic carbocycles. The maximum absolute atomic E-state index is 12.2. The van der Waals surface area contributed by atoms with Crippen LogP contribution in [0.1, 0.15) is 40.0 Å². The molecule has 2 atom stereocenters. The number of carbonyl (C=O) groups is 2. The second-order valence-electron chi connectivity index (χ2n) is 6.07. The van der Waals surface area contributed by atoms with Crippen molar-refractivity contribution in [2.24, 2.45) is 5.92 Å². The first kappa shape index (κ1) is 17.3. The van der Waals surface area contributed by atoms with E-state index in [4.69, 9.17) is 4.74 Å². The molecule has 1 N–H and O–H groups in total. The summed E-state index contributed by atoms with van der Waals surface area (Å²) in [5.41, 5.74) is 0.817. The van der Waals surface area contributed by atoms with Crippen LogP contribution in [0.25, 0.3) is 0 Å². The minimum absolute atomic E-state index is 0.00321. The minimum atomic E-state index is -0.271. The Morgan fingerprint density at radius 2 is 2.04 bits per heavy atom. The van der Waals surface area contributed by atoms with E-state index >= 15 is 0 Å². The fourth-order valence-corrected chi connectivity index (χ4v) is 2.54. The SMILES string of the molecule is CCCOc1ccc(N2C[C@H](C(=O)N[C@H](C)CC)CC2=O)cc1. The zero-order valence-corrected chi connectivity index (χ0v) is 14.2. The van der Waals surface area contributed by atoms with Gasteiger partial charge in [0.15, 0.2) is 0 Å². The number of hydrogen-bond acceptors (Lipinski definition) is 3. The Labute approximate surface area is 138 Å². The van der Waals surface area contributed by atoms with Gasteiger partial charge in [-0.15, -0.1) is 0 Å². The van der Waals surface area contributed by atoms with Gasteiger partial charge < -0.3 is 15.0 Å². The molecule has 23 heavy (non-hydrogen) atoms. The predicted octanol–water partition coefficient (Wildman–Crippen LogP) is 2.74. The summed E-state index contributed by atoms with van der Waals surface area (Å²) in [5, 5.41) is 2.96. The molecule has 0 saturated carbocycles. The molecule has 1 fully saturated rings. The van der Waals surface area contributed by atoms with E-state index in [9.17, 15) is 9.59 Å². The third kappa shape index (κ3) is 4.47.